The fraction of sp³-hybridized carbons (Fsp3) is 0.100. The largest absolute Gasteiger partial charge is 0.481 e. The highest BCUT2D eigenvalue weighted by Crippen LogP contribution is 2.15. The van der Waals surface area contributed by atoms with Crippen molar-refractivity contribution in [2.24, 2.45) is 0 Å². The molecule has 0 amide bonds. The Bertz CT molecular complexity index is 477. The number of hydrogen-bond donors (Lipinski definition) is 1. The molecule has 0 radical (unpaired) electrons. The molecule has 0 bridgehead atoms. The van der Waals surface area contributed by atoms with Gasteiger partial charge < -0.3 is 5.11 Å². The molecule has 0 aliphatic heterocycles. The molecule has 0 atom stereocenters. The summed E-state index contributed by atoms with van der Waals surface area (Å²) in [5.74, 6) is -0.851. The van der Waals surface area contributed by atoms with Crippen LogP contribution in [0.2, 0.25) is 0 Å². The molecule has 0 unspecified atom stereocenters. The normalized spacial score (nSPS) is 10.3. The molecule has 1 aromatic carbocycles. The molecule has 1 heterocycles. The van der Waals surface area contributed by atoms with Crippen LogP contribution in [0, 0.1) is 0 Å². The van der Waals surface area contributed by atoms with Crippen molar-refractivity contribution in [1.82, 2.24) is 9.97 Å². The number of nitrogens with zero attached hydrogens (tertiary/aromatic N) is 2. The second-order valence-corrected chi connectivity index (χ2v) is 2.95. The van der Waals surface area contributed by atoms with Crippen LogP contribution in [0.15, 0.2) is 30.7 Å². The summed E-state index contributed by atoms with van der Waals surface area (Å²) in [4.78, 5) is 18.5. The number of hydrogen-bond acceptors (Lipinski definition) is 3. The minimum atomic E-state index is -0.851. The summed E-state index contributed by atoms with van der Waals surface area (Å²) in [6.45, 7) is 0. The molecule has 14 heavy (non-hydrogen) atoms. The number of aliphatic carboxylic acids is 1. The van der Waals surface area contributed by atoms with E-state index in [0.717, 1.165) is 10.9 Å². The van der Waals surface area contributed by atoms with Gasteiger partial charge in [0.25, 0.3) is 0 Å². The Balaban J connectivity index is 2.59. The van der Waals surface area contributed by atoms with Crippen molar-refractivity contribution in [3.8, 4) is 0 Å². The summed E-state index contributed by atoms with van der Waals surface area (Å²) in [6, 6.07) is 5.44. The van der Waals surface area contributed by atoms with E-state index in [1.807, 2.05) is 12.1 Å². The van der Waals surface area contributed by atoms with Crippen LogP contribution in [0.25, 0.3) is 10.9 Å². The first-order chi connectivity index (χ1) is 6.77. The molecule has 70 valence electrons. The van der Waals surface area contributed by atoms with Crippen LogP contribution in [0.5, 0.6) is 0 Å². The van der Waals surface area contributed by atoms with Crippen molar-refractivity contribution in [2.75, 3.05) is 0 Å². The van der Waals surface area contributed by atoms with Crippen molar-refractivity contribution in [1.29, 1.82) is 0 Å². The number of rotatable bonds is 2. The highest BCUT2D eigenvalue weighted by atomic mass is 16.4. The molecule has 2 rings (SSSR count). The third kappa shape index (κ3) is 1.54. The quantitative estimate of drug-likeness (QED) is 0.770. The number of benzene rings is 1. The molecule has 0 saturated carbocycles. The highest BCUT2D eigenvalue weighted by molar-refractivity contribution is 5.84. The van der Waals surface area contributed by atoms with Crippen LogP contribution in [-0.4, -0.2) is 21.0 Å². The lowest BCUT2D eigenvalue weighted by molar-refractivity contribution is -0.136. The van der Waals surface area contributed by atoms with Crippen molar-refractivity contribution >= 4 is 16.9 Å². The first kappa shape index (κ1) is 8.62. The molecule has 1 N–H and O–H groups in total. The van der Waals surface area contributed by atoms with E-state index in [2.05, 4.69) is 9.97 Å². The van der Waals surface area contributed by atoms with E-state index in [1.54, 1.807) is 12.3 Å². The van der Waals surface area contributed by atoms with Crippen molar-refractivity contribution < 1.29 is 9.90 Å². The van der Waals surface area contributed by atoms with E-state index in [9.17, 15) is 4.79 Å². The first-order valence-corrected chi connectivity index (χ1v) is 4.17. The van der Waals surface area contributed by atoms with Crippen LogP contribution in [0.1, 0.15) is 5.56 Å². The van der Waals surface area contributed by atoms with Gasteiger partial charge in [-0.3, -0.25) is 4.79 Å². The van der Waals surface area contributed by atoms with Gasteiger partial charge in [0, 0.05) is 11.6 Å². The predicted molar refractivity (Wildman–Crippen MR) is 50.9 cm³/mol. The average Bonchev–Trinajstić information content (AvgIpc) is 2.18. The molecular formula is C10H8N2O2. The summed E-state index contributed by atoms with van der Waals surface area (Å²) in [5.41, 5.74) is 1.43. The summed E-state index contributed by atoms with van der Waals surface area (Å²) >= 11 is 0. The zero-order valence-corrected chi connectivity index (χ0v) is 7.34. The van der Waals surface area contributed by atoms with E-state index in [0.29, 0.717) is 5.52 Å². The van der Waals surface area contributed by atoms with Gasteiger partial charge in [0.05, 0.1) is 11.9 Å². The second-order valence-electron chi connectivity index (χ2n) is 2.95. The van der Waals surface area contributed by atoms with Crippen LogP contribution in [0.4, 0.5) is 0 Å². The lowest BCUT2D eigenvalue weighted by atomic mass is 10.1. The van der Waals surface area contributed by atoms with Crippen LogP contribution < -0.4 is 0 Å². The predicted octanol–water partition coefficient (Wildman–Crippen LogP) is 1.26. The maximum atomic E-state index is 10.6. The lowest BCUT2D eigenvalue weighted by Gasteiger charge is -2.01. The number of carboxylic acid groups (broad SMARTS) is 1. The Morgan fingerprint density at radius 3 is 3.07 bits per heavy atom. The summed E-state index contributed by atoms with van der Waals surface area (Å²) in [6.07, 6.45) is 3.09. The highest BCUT2D eigenvalue weighted by Gasteiger charge is 2.05. The van der Waals surface area contributed by atoms with Gasteiger partial charge in [-0.15, -0.1) is 0 Å². The van der Waals surface area contributed by atoms with E-state index in [-0.39, 0.29) is 6.42 Å². The third-order valence-corrected chi connectivity index (χ3v) is 1.96. The van der Waals surface area contributed by atoms with Gasteiger partial charge in [0.15, 0.2) is 0 Å². The molecule has 4 heteroatoms. The maximum Gasteiger partial charge on any atom is 0.307 e. The number of para-hydroxylation sites is 1. The van der Waals surface area contributed by atoms with Gasteiger partial charge in [-0.2, -0.15) is 0 Å². The monoisotopic (exact) mass is 188 g/mol. The smallest absolute Gasteiger partial charge is 0.307 e. The minimum absolute atomic E-state index is 0.00560. The van der Waals surface area contributed by atoms with Crippen molar-refractivity contribution in [3.05, 3.63) is 36.3 Å². The zero-order chi connectivity index (χ0) is 9.97. The molecule has 2 aromatic rings. The Morgan fingerprint density at radius 2 is 2.29 bits per heavy atom. The summed E-state index contributed by atoms with van der Waals surface area (Å²) < 4.78 is 0. The fourth-order valence-corrected chi connectivity index (χ4v) is 1.38. The number of fused-ring (bicyclic) bond motifs is 1. The lowest BCUT2D eigenvalue weighted by Crippen LogP contribution is -2.01. The van der Waals surface area contributed by atoms with Gasteiger partial charge in [-0.1, -0.05) is 18.2 Å². The summed E-state index contributed by atoms with van der Waals surface area (Å²) in [7, 11) is 0. The minimum Gasteiger partial charge on any atom is -0.481 e. The third-order valence-electron chi connectivity index (χ3n) is 1.96. The van der Waals surface area contributed by atoms with Gasteiger partial charge in [-0.05, 0) is 5.56 Å². The van der Waals surface area contributed by atoms with Gasteiger partial charge in [0.2, 0.25) is 0 Å². The molecule has 0 fully saturated rings. The Labute approximate surface area is 80.2 Å². The number of carbonyl (C=O) groups is 1. The van der Waals surface area contributed by atoms with Gasteiger partial charge >= 0.3 is 5.97 Å². The van der Waals surface area contributed by atoms with E-state index in [1.165, 1.54) is 6.33 Å². The van der Waals surface area contributed by atoms with Crippen LogP contribution in [0.3, 0.4) is 0 Å². The van der Waals surface area contributed by atoms with E-state index in [4.69, 9.17) is 5.11 Å². The maximum absolute atomic E-state index is 10.6. The Kier molecular flexibility index (Phi) is 2.10. The molecule has 4 nitrogen and oxygen atoms in total. The van der Waals surface area contributed by atoms with Gasteiger partial charge in [-0.25, -0.2) is 9.97 Å². The molecule has 0 aliphatic rings. The van der Waals surface area contributed by atoms with E-state index >= 15 is 0 Å². The summed E-state index contributed by atoms with van der Waals surface area (Å²) in [5, 5.41) is 9.55. The second kappa shape index (κ2) is 3.41. The number of carboxylic acids is 1. The van der Waals surface area contributed by atoms with Crippen molar-refractivity contribution in [2.45, 2.75) is 6.42 Å². The first-order valence-electron chi connectivity index (χ1n) is 4.17. The molecule has 0 saturated heterocycles. The standard InChI is InChI=1S/C10H8N2O2/c13-9(14)4-7-2-1-3-8-5-11-6-12-10(7)8/h1-3,5-6H,4H2,(H,13,14). The molecular weight excluding hydrogens is 180 g/mol. The Morgan fingerprint density at radius 1 is 1.43 bits per heavy atom. The van der Waals surface area contributed by atoms with E-state index < -0.39 is 5.97 Å². The average molecular weight is 188 g/mol. The fourth-order valence-electron chi connectivity index (χ4n) is 1.38. The zero-order valence-electron chi connectivity index (χ0n) is 7.34. The molecule has 0 spiro atoms. The number of aromatic nitrogens is 2. The topological polar surface area (TPSA) is 63.1 Å². The van der Waals surface area contributed by atoms with Gasteiger partial charge in [0.1, 0.15) is 6.33 Å². The van der Waals surface area contributed by atoms with Crippen molar-refractivity contribution in [3.63, 3.8) is 0 Å². The van der Waals surface area contributed by atoms with Crippen LogP contribution in [-0.2, 0) is 11.2 Å². The molecule has 1 aromatic heterocycles. The van der Waals surface area contributed by atoms with Crippen LogP contribution >= 0.6 is 0 Å². The SMILES string of the molecule is O=C(O)Cc1cccc2cncnc12. The molecule has 0 aliphatic carbocycles. The Hall–Kier alpha value is -1.97.